The molecule has 0 fully saturated rings. The molecule has 0 aliphatic rings. The smallest absolute Gasteiger partial charge is 0.241 e. The van der Waals surface area contributed by atoms with Crippen LogP contribution in [-0.4, -0.2) is 27.1 Å². The van der Waals surface area contributed by atoms with Crippen molar-refractivity contribution in [1.82, 2.24) is 5.32 Å². The second-order valence-corrected chi connectivity index (χ2v) is 8.40. The third-order valence-corrected chi connectivity index (χ3v) is 5.42. The maximum absolute atomic E-state index is 12.4. The molecule has 0 unspecified atom stereocenters. The van der Waals surface area contributed by atoms with Crippen LogP contribution in [0.5, 0.6) is 0 Å². The second-order valence-electron chi connectivity index (χ2n) is 6.49. The standard InChI is InChI=1S/C20H26N2O3S/c1-5-17-8-10-18(11-9-17)16(3)21-20(23)14-22(26(4,24)25)19-12-6-15(2)7-13-19/h6-13,16H,5,14H2,1-4H3,(H,21,23)/t16-/m1/s1. The summed E-state index contributed by atoms with van der Waals surface area (Å²) >= 11 is 0. The number of sulfonamides is 1. The number of carbonyl (C=O) groups is 1. The molecule has 0 aliphatic carbocycles. The third kappa shape index (κ3) is 5.33. The van der Waals surface area contributed by atoms with Gasteiger partial charge in [0.25, 0.3) is 0 Å². The van der Waals surface area contributed by atoms with Gasteiger partial charge in [-0.05, 0) is 43.5 Å². The lowest BCUT2D eigenvalue weighted by Gasteiger charge is -2.23. The summed E-state index contributed by atoms with van der Waals surface area (Å²) in [6.07, 6.45) is 2.06. The minimum atomic E-state index is -3.56. The molecule has 0 saturated heterocycles. The van der Waals surface area contributed by atoms with Crippen molar-refractivity contribution in [3.8, 4) is 0 Å². The molecule has 0 saturated carbocycles. The quantitative estimate of drug-likeness (QED) is 0.809. The Morgan fingerprint density at radius 3 is 2.15 bits per heavy atom. The fourth-order valence-electron chi connectivity index (χ4n) is 2.65. The number of hydrogen-bond donors (Lipinski definition) is 1. The highest BCUT2D eigenvalue weighted by Crippen LogP contribution is 2.19. The summed E-state index contributed by atoms with van der Waals surface area (Å²) in [6.45, 7) is 5.65. The molecular weight excluding hydrogens is 348 g/mol. The molecule has 0 aliphatic heterocycles. The zero-order chi connectivity index (χ0) is 19.3. The molecule has 1 amide bonds. The van der Waals surface area contributed by atoms with Gasteiger partial charge in [0.05, 0.1) is 18.0 Å². The number of amides is 1. The summed E-state index contributed by atoms with van der Waals surface area (Å²) in [6, 6.07) is 14.9. The molecule has 0 spiro atoms. The maximum atomic E-state index is 12.4. The lowest BCUT2D eigenvalue weighted by molar-refractivity contribution is -0.120. The zero-order valence-corrected chi connectivity index (χ0v) is 16.5. The van der Waals surface area contributed by atoms with E-state index in [9.17, 15) is 13.2 Å². The minimum Gasteiger partial charge on any atom is -0.348 e. The van der Waals surface area contributed by atoms with Gasteiger partial charge in [-0.2, -0.15) is 0 Å². The van der Waals surface area contributed by atoms with Crippen molar-refractivity contribution in [2.75, 3.05) is 17.1 Å². The Balaban J connectivity index is 2.10. The normalized spacial score (nSPS) is 12.5. The minimum absolute atomic E-state index is 0.201. The van der Waals surface area contributed by atoms with Gasteiger partial charge in [-0.3, -0.25) is 9.10 Å². The van der Waals surface area contributed by atoms with Crippen LogP contribution in [0.4, 0.5) is 5.69 Å². The monoisotopic (exact) mass is 374 g/mol. The van der Waals surface area contributed by atoms with E-state index >= 15 is 0 Å². The van der Waals surface area contributed by atoms with E-state index in [1.165, 1.54) is 5.56 Å². The molecule has 2 aromatic carbocycles. The highest BCUT2D eigenvalue weighted by atomic mass is 32.2. The van der Waals surface area contributed by atoms with E-state index < -0.39 is 10.0 Å². The molecule has 1 atom stereocenters. The number of rotatable bonds is 7. The van der Waals surface area contributed by atoms with Crippen LogP contribution in [0.1, 0.15) is 36.6 Å². The molecule has 26 heavy (non-hydrogen) atoms. The Kier molecular flexibility index (Phi) is 6.42. The van der Waals surface area contributed by atoms with Gasteiger partial charge in [0.15, 0.2) is 0 Å². The Morgan fingerprint density at radius 1 is 1.08 bits per heavy atom. The second kappa shape index (κ2) is 8.36. The van der Waals surface area contributed by atoms with Gasteiger partial charge in [-0.1, -0.05) is 48.9 Å². The van der Waals surface area contributed by atoms with Crippen molar-refractivity contribution in [2.24, 2.45) is 0 Å². The molecule has 6 heteroatoms. The number of anilines is 1. The summed E-state index contributed by atoms with van der Waals surface area (Å²) in [5.41, 5.74) is 3.72. The Hall–Kier alpha value is -2.34. The van der Waals surface area contributed by atoms with Crippen LogP contribution in [0.2, 0.25) is 0 Å². The molecule has 1 N–H and O–H groups in total. The number of benzene rings is 2. The topological polar surface area (TPSA) is 66.5 Å². The lowest BCUT2D eigenvalue weighted by Crippen LogP contribution is -2.41. The van der Waals surface area contributed by atoms with Crippen molar-refractivity contribution < 1.29 is 13.2 Å². The first-order chi connectivity index (χ1) is 12.2. The lowest BCUT2D eigenvalue weighted by atomic mass is 10.1. The average molecular weight is 375 g/mol. The number of aryl methyl sites for hydroxylation is 2. The van der Waals surface area contributed by atoms with Crippen LogP contribution >= 0.6 is 0 Å². The van der Waals surface area contributed by atoms with Gasteiger partial charge in [-0.25, -0.2) is 8.42 Å². The first-order valence-electron chi connectivity index (χ1n) is 8.63. The predicted octanol–water partition coefficient (Wildman–Crippen LogP) is 3.20. The first kappa shape index (κ1) is 20.0. The highest BCUT2D eigenvalue weighted by Gasteiger charge is 2.21. The van der Waals surface area contributed by atoms with E-state index in [0.29, 0.717) is 5.69 Å². The summed E-state index contributed by atoms with van der Waals surface area (Å²) in [5.74, 6) is -0.344. The van der Waals surface area contributed by atoms with Gasteiger partial charge in [0.1, 0.15) is 6.54 Å². The molecule has 2 aromatic rings. The van der Waals surface area contributed by atoms with Crippen LogP contribution in [0.3, 0.4) is 0 Å². The molecule has 5 nitrogen and oxygen atoms in total. The summed E-state index contributed by atoms with van der Waals surface area (Å²) in [5, 5.41) is 2.87. The van der Waals surface area contributed by atoms with Crippen molar-refractivity contribution in [3.63, 3.8) is 0 Å². The Labute approximate surface area is 156 Å². The van der Waals surface area contributed by atoms with Crippen LogP contribution in [0.15, 0.2) is 48.5 Å². The molecule has 0 radical (unpaired) electrons. The predicted molar refractivity (Wildman–Crippen MR) is 106 cm³/mol. The maximum Gasteiger partial charge on any atom is 0.241 e. The fourth-order valence-corrected chi connectivity index (χ4v) is 3.51. The van der Waals surface area contributed by atoms with Crippen LogP contribution in [-0.2, 0) is 21.2 Å². The van der Waals surface area contributed by atoms with Crippen LogP contribution in [0.25, 0.3) is 0 Å². The number of nitrogens with zero attached hydrogens (tertiary/aromatic N) is 1. The van der Waals surface area contributed by atoms with Gasteiger partial charge >= 0.3 is 0 Å². The highest BCUT2D eigenvalue weighted by molar-refractivity contribution is 7.92. The van der Waals surface area contributed by atoms with Gasteiger partial charge in [0.2, 0.25) is 15.9 Å². The van der Waals surface area contributed by atoms with E-state index in [-0.39, 0.29) is 18.5 Å². The number of hydrogen-bond acceptors (Lipinski definition) is 3. The number of carbonyl (C=O) groups excluding carboxylic acids is 1. The van der Waals surface area contributed by atoms with Gasteiger partial charge in [-0.15, -0.1) is 0 Å². The largest absolute Gasteiger partial charge is 0.348 e. The van der Waals surface area contributed by atoms with Crippen molar-refractivity contribution in [2.45, 2.75) is 33.2 Å². The van der Waals surface area contributed by atoms with E-state index in [0.717, 1.165) is 28.1 Å². The summed E-state index contributed by atoms with van der Waals surface area (Å²) in [4.78, 5) is 12.4. The Bertz CT molecular complexity index is 844. The van der Waals surface area contributed by atoms with Crippen LogP contribution in [0, 0.1) is 6.92 Å². The van der Waals surface area contributed by atoms with E-state index in [2.05, 4.69) is 12.2 Å². The fraction of sp³-hybridized carbons (Fsp3) is 0.350. The van der Waals surface area contributed by atoms with Crippen molar-refractivity contribution >= 4 is 21.6 Å². The molecule has 2 rings (SSSR count). The molecule has 0 heterocycles. The van der Waals surface area contributed by atoms with Crippen LogP contribution < -0.4 is 9.62 Å². The zero-order valence-electron chi connectivity index (χ0n) is 15.7. The third-order valence-electron chi connectivity index (χ3n) is 4.27. The molecule has 0 aromatic heterocycles. The summed E-state index contributed by atoms with van der Waals surface area (Å²) in [7, 11) is -3.56. The Morgan fingerprint density at radius 2 is 1.65 bits per heavy atom. The van der Waals surface area contributed by atoms with E-state index in [4.69, 9.17) is 0 Å². The van der Waals surface area contributed by atoms with Gasteiger partial charge in [0, 0.05) is 0 Å². The van der Waals surface area contributed by atoms with Gasteiger partial charge < -0.3 is 5.32 Å². The molecule has 140 valence electrons. The molecular formula is C20H26N2O3S. The van der Waals surface area contributed by atoms with Crippen molar-refractivity contribution in [3.05, 3.63) is 65.2 Å². The number of nitrogens with one attached hydrogen (secondary N) is 1. The SMILES string of the molecule is CCc1ccc([C@@H](C)NC(=O)CN(c2ccc(C)cc2)S(C)(=O)=O)cc1. The van der Waals surface area contributed by atoms with E-state index in [1.807, 2.05) is 50.2 Å². The van der Waals surface area contributed by atoms with Crippen molar-refractivity contribution in [1.29, 1.82) is 0 Å². The average Bonchev–Trinajstić information content (AvgIpc) is 2.59. The first-order valence-corrected chi connectivity index (χ1v) is 10.5. The molecule has 0 bridgehead atoms. The van der Waals surface area contributed by atoms with E-state index in [1.54, 1.807) is 12.1 Å². The summed E-state index contributed by atoms with van der Waals surface area (Å²) < 4.78 is 25.4.